The summed E-state index contributed by atoms with van der Waals surface area (Å²) in [5.74, 6) is -0.312. The molecule has 150 valence electrons. The lowest BCUT2D eigenvalue weighted by atomic mass is 9.94. The van der Waals surface area contributed by atoms with E-state index in [4.69, 9.17) is 10.5 Å². The van der Waals surface area contributed by atoms with Crippen LogP contribution in [0.3, 0.4) is 0 Å². The van der Waals surface area contributed by atoms with Gasteiger partial charge >= 0.3 is 0 Å². The molecule has 2 aromatic rings. The van der Waals surface area contributed by atoms with E-state index in [2.05, 4.69) is 41.4 Å². The van der Waals surface area contributed by atoms with Gasteiger partial charge in [-0.1, -0.05) is 67.1 Å². The molecule has 0 radical (unpaired) electrons. The van der Waals surface area contributed by atoms with E-state index in [1.54, 1.807) is 0 Å². The van der Waals surface area contributed by atoms with Crippen molar-refractivity contribution >= 4 is 5.91 Å². The van der Waals surface area contributed by atoms with E-state index in [1.165, 1.54) is 11.1 Å². The van der Waals surface area contributed by atoms with Crippen LogP contribution in [0, 0.1) is 12.8 Å². The van der Waals surface area contributed by atoms with E-state index in [1.807, 2.05) is 37.3 Å². The van der Waals surface area contributed by atoms with Gasteiger partial charge in [0.15, 0.2) is 0 Å². The fourth-order valence-corrected chi connectivity index (χ4v) is 3.71. The van der Waals surface area contributed by atoms with E-state index >= 15 is 0 Å². The number of ether oxygens (including phenoxy) is 1. The van der Waals surface area contributed by atoms with Gasteiger partial charge in [0.25, 0.3) is 0 Å². The second-order valence-corrected chi connectivity index (χ2v) is 7.55. The largest absolute Gasteiger partial charge is 0.379 e. The van der Waals surface area contributed by atoms with Crippen LogP contribution in [0.2, 0.25) is 0 Å². The molecule has 3 rings (SSSR count). The molecule has 1 fully saturated rings. The second-order valence-electron chi connectivity index (χ2n) is 7.55. The molecule has 3 atom stereocenters. The van der Waals surface area contributed by atoms with Crippen LogP contribution in [0.4, 0.5) is 0 Å². The van der Waals surface area contributed by atoms with E-state index in [0.29, 0.717) is 6.54 Å². The van der Waals surface area contributed by atoms with Crippen molar-refractivity contribution in [3.8, 4) is 0 Å². The normalized spacial score (nSPS) is 18.2. The number of nitrogens with one attached hydrogen (secondary N) is 1. The Morgan fingerprint density at radius 1 is 1.11 bits per heavy atom. The van der Waals surface area contributed by atoms with Crippen molar-refractivity contribution < 1.29 is 9.53 Å². The maximum absolute atomic E-state index is 12.8. The Bertz CT molecular complexity index is 759. The molecular weight excluding hydrogens is 350 g/mol. The first-order valence-electron chi connectivity index (χ1n) is 10.0. The molecule has 1 aliphatic heterocycles. The van der Waals surface area contributed by atoms with E-state index in [-0.39, 0.29) is 23.9 Å². The fourth-order valence-electron chi connectivity index (χ4n) is 3.71. The number of aryl methyl sites for hydroxylation is 1. The van der Waals surface area contributed by atoms with Crippen LogP contribution >= 0.6 is 0 Å². The number of carbonyl (C=O) groups excluding carboxylic acids is 1. The van der Waals surface area contributed by atoms with Gasteiger partial charge in [0.2, 0.25) is 5.91 Å². The molecule has 0 saturated carbocycles. The Morgan fingerprint density at radius 3 is 2.46 bits per heavy atom. The van der Waals surface area contributed by atoms with Crippen LogP contribution in [0.15, 0.2) is 54.6 Å². The van der Waals surface area contributed by atoms with E-state index < -0.39 is 0 Å². The van der Waals surface area contributed by atoms with Crippen molar-refractivity contribution in [1.82, 2.24) is 10.2 Å². The summed E-state index contributed by atoms with van der Waals surface area (Å²) in [6, 6.07) is 18.1. The smallest absolute Gasteiger partial charge is 0.224 e. The first kappa shape index (κ1) is 20.5. The lowest BCUT2D eigenvalue weighted by Gasteiger charge is -2.35. The first-order chi connectivity index (χ1) is 13.6. The number of amides is 1. The second kappa shape index (κ2) is 9.82. The van der Waals surface area contributed by atoms with Gasteiger partial charge in [-0.15, -0.1) is 0 Å². The predicted molar refractivity (Wildman–Crippen MR) is 112 cm³/mol. The SMILES string of the molecule is Cc1cccc(C(CNC(=O)C(C)C(N)c2ccccc2)N2CCOCC2)c1. The summed E-state index contributed by atoms with van der Waals surface area (Å²) in [6.07, 6.45) is 0. The summed E-state index contributed by atoms with van der Waals surface area (Å²) in [6.45, 7) is 7.75. The average Bonchev–Trinajstić information content (AvgIpc) is 2.74. The highest BCUT2D eigenvalue weighted by Crippen LogP contribution is 2.23. The van der Waals surface area contributed by atoms with Crippen LogP contribution in [-0.4, -0.2) is 43.7 Å². The van der Waals surface area contributed by atoms with Gasteiger partial charge in [-0.2, -0.15) is 0 Å². The Hall–Kier alpha value is -2.21. The molecule has 0 aromatic heterocycles. The molecule has 0 aliphatic carbocycles. The third kappa shape index (κ3) is 5.19. The van der Waals surface area contributed by atoms with Gasteiger partial charge in [0.05, 0.1) is 25.2 Å². The van der Waals surface area contributed by atoms with Crippen LogP contribution in [0.25, 0.3) is 0 Å². The van der Waals surface area contributed by atoms with Crippen molar-refractivity contribution in [2.75, 3.05) is 32.8 Å². The number of rotatable bonds is 7. The highest BCUT2D eigenvalue weighted by Gasteiger charge is 2.26. The van der Waals surface area contributed by atoms with E-state index in [0.717, 1.165) is 31.9 Å². The summed E-state index contributed by atoms with van der Waals surface area (Å²) >= 11 is 0. The number of hydrogen-bond donors (Lipinski definition) is 2. The Kier molecular flexibility index (Phi) is 7.20. The summed E-state index contributed by atoms with van der Waals surface area (Å²) in [5, 5.41) is 3.15. The van der Waals surface area contributed by atoms with Crippen molar-refractivity contribution in [2.45, 2.75) is 25.9 Å². The van der Waals surface area contributed by atoms with Gasteiger partial charge in [-0.05, 0) is 18.1 Å². The molecule has 5 heteroatoms. The maximum Gasteiger partial charge on any atom is 0.224 e. The predicted octanol–water partition coefficient (Wildman–Crippen LogP) is 2.82. The Balaban J connectivity index is 1.67. The standard InChI is InChI=1S/C23H31N3O2/c1-17-7-6-10-20(15-17)21(26-11-13-28-14-12-26)16-25-23(27)18(2)22(24)19-8-4-3-5-9-19/h3-10,15,18,21-22H,11-14,16,24H2,1-2H3,(H,25,27). The topological polar surface area (TPSA) is 67.6 Å². The highest BCUT2D eigenvalue weighted by molar-refractivity contribution is 5.79. The maximum atomic E-state index is 12.8. The zero-order valence-electron chi connectivity index (χ0n) is 16.8. The zero-order valence-corrected chi connectivity index (χ0v) is 16.8. The summed E-state index contributed by atoms with van der Waals surface area (Å²) in [7, 11) is 0. The van der Waals surface area contributed by atoms with Crippen LogP contribution < -0.4 is 11.1 Å². The highest BCUT2D eigenvalue weighted by atomic mass is 16.5. The molecular formula is C23H31N3O2. The van der Waals surface area contributed by atoms with Gasteiger partial charge in [0, 0.05) is 25.7 Å². The fraction of sp³-hybridized carbons (Fsp3) is 0.435. The molecule has 0 spiro atoms. The monoisotopic (exact) mass is 381 g/mol. The van der Waals surface area contributed by atoms with Crippen LogP contribution in [0.5, 0.6) is 0 Å². The summed E-state index contributed by atoms with van der Waals surface area (Å²) in [4.78, 5) is 15.2. The number of hydrogen-bond acceptors (Lipinski definition) is 4. The molecule has 1 saturated heterocycles. The third-order valence-corrected chi connectivity index (χ3v) is 5.52. The lowest BCUT2D eigenvalue weighted by Crippen LogP contribution is -2.45. The number of nitrogens with zero attached hydrogens (tertiary/aromatic N) is 1. The molecule has 3 unspecified atom stereocenters. The Morgan fingerprint density at radius 2 is 1.79 bits per heavy atom. The molecule has 28 heavy (non-hydrogen) atoms. The van der Waals surface area contributed by atoms with Gasteiger partial charge in [-0.3, -0.25) is 9.69 Å². The quantitative estimate of drug-likeness (QED) is 0.774. The Labute approximate surface area is 167 Å². The number of benzene rings is 2. The average molecular weight is 382 g/mol. The third-order valence-electron chi connectivity index (χ3n) is 5.52. The molecule has 3 N–H and O–H groups in total. The molecule has 1 amide bonds. The molecule has 1 heterocycles. The minimum atomic E-state index is -0.318. The van der Waals surface area contributed by atoms with Crippen LogP contribution in [-0.2, 0) is 9.53 Å². The minimum Gasteiger partial charge on any atom is -0.379 e. The van der Waals surface area contributed by atoms with Crippen molar-refractivity contribution in [1.29, 1.82) is 0 Å². The van der Waals surface area contributed by atoms with Crippen molar-refractivity contribution in [3.05, 3.63) is 71.3 Å². The molecule has 5 nitrogen and oxygen atoms in total. The minimum absolute atomic E-state index is 0.0118. The summed E-state index contributed by atoms with van der Waals surface area (Å²) < 4.78 is 5.51. The van der Waals surface area contributed by atoms with Gasteiger partial charge in [0.1, 0.15) is 0 Å². The van der Waals surface area contributed by atoms with Crippen molar-refractivity contribution in [2.24, 2.45) is 11.7 Å². The first-order valence-corrected chi connectivity index (χ1v) is 10.0. The molecule has 1 aliphatic rings. The number of carbonyl (C=O) groups is 1. The number of nitrogens with two attached hydrogens (primary N) is 1. The van der Waals surface area contributed by atoms with Gasteiger partial charge in [-0.25, -0.2) is 0 Å². The lowest BCUT2D eigenvalue weighted by molar-refractivity contribution is -0.125. The van der Waals surface area contributed by atoms with Crippen molar-refractivity contribution in [3.63, 3.8) is 0 Å². The van der Waals surface area contributed by atoms with Gasteiger partial charge < -0.3 is 15.8 Å². The van der Waals surface area contributed by atoms with E-state index in [9.17, 15) is 4.79 Å². The zero-order chi connectivity index (χ0) is 19.9. The van der Waals surface area contributed by atoms with Crippen LogP contribution in [0.1, 0.15) is 35.7 Å². The molecule has 2 aromatic carbocycles. The number of morpholine rings is 1. The molecule has 0 bridgehead atoms. The summed E-state index contributed by atoms with van der Waals surface area (Å²) in [5.41, 5.74) is 9.76.